The predicted molar refractivity (Wildman–Crippen MR) is 72.7 cm³/mol. The summed E-state index contributed by atoms with van der Waals surface area (Å²) in [5.74, 6) is -1.37. The van der Waals surface area contributed by atoms with Crippen LogP contribution in [0.5, 0.6) is 0 Å². The van der Waals surface area contributed by atoms with Crippen molar-refractivity contribution >= 4 is 27.8 Å². The fraction of sp³-hybridized carbons (Fsp3) is 0.385. The first-order chi connectivity index (χ1) is 8.45. The van der Waals surface area contributed by atoms with Crippen LogP contribution in [0.3, 0.4) is 0 Å². The third kappa shape index (κ3) is 3.84. The van der Waals surface area contributed by atoms with E-state index in [1.165, 1.54) is 0 Å². The molecule has 4 nitrogen and oxygen atoms in total. The zero-order chi connectivity index (χ0) is 13.7. The van der Waals surface area contributed by atoms with Gasteiger partial charge in [0.1, 0.15) is 6.04 Å². The Morgan fingerprint density at radius 1 is 1.44 bits per heavy atom. The van der Waals surface area contributed by atoms with Crippen LogP contribution in [0.25, 0.3) is 0 Å². The van der Waals surface area contributed by atoms with Crippen LogP contribution in [0, 0.1) is 6.92 Å². The van der Waals surface area contributed by atoms with E-state index in [2.05, 4.69) is 21.2 Å². The number of nitrogens with one attached hydrogen (secondary N) is 1. The zero-order valence-electron chi connectivity index (χ0n) is 10.4. The summed E-state index contributed by atoms with van der Waals surface area (Å²) in [5.41, 5.74) is 1.48. The summed E-state index contributed by atoms with van der Waals surface area (Å²) in [4.78, 5) is 22.9. The number of aryl methyl sites for hydroxylation is 1. The normalized spacial score (nSPS) is 11.9. The first-order valence-corrected chi connectivity index (χ1v) is 6.54. The van der Waals surface area contributed by atoms with Crippen molar-refractivity contribution in [2.75, 3.05) is 0 Å². The molecular formula is C13H16BrNO3. The molecule has 0 bridgehead atoms. The van der Waals surface area contributed by atoms with Gasteiger partial charge in [0.2, 0.25) is 0 Å². The summed E-state index contributed by atoms with van der Waals surface area (Å²) in [7, 11) is 0. The van der Waals surface area contributed by atoms with Gasteiger partial charge in [0, 0.05) is 10.0 Å². The molecule has 1 rings (SSSR count). The lowest BCUT2D eigenvalue weighted by atomic mass is 10.1. The monoisotopic (exact) mass is 313 g/mol. The van der Waals surface area contributed by atoms with E-state index in [4.69, 9.17) is 5.11 Å². The van der Waals surface area contributed by atoms with Crippen molar-refractivity contribution in [1.29, 1.82) is 0 Å². The molecule has 0 aliphatic carbocycles. The summed E-state index contributed by atoms with van der Waals surface area (Å²) in [5, 5.41) is 11.5. The number of carboxylic acids is 1. The van der Waals surface area contributed by atoms with Gasteiger partial charge in [0.15, 0.2) is 0 Å². The highest BCUT2D eigenvalue weighted by atomic mass is 79.9. The molecule has 0 radical (unpaired) electrons. The van der Waals surface area contributed by atoms with Crippen LogP contribution in [0.4, 0.5) is 0 Å². The van der Waals surface area contributed by atoms with Crippen molar-refractivity contribution in [3.8, 4) is 0 Å². The number of carbonyl (C=O) groups is 2. The molecule has 0 unspecified atom stereocenters. The minimum Gasteiger partial charge on any atom is -0.480 e. The number of carbonyl (C=O) groups excluding carboxylic acids is 1. The second kappa shape index (κ2) is 6.54. The number of benzene rings is 1. The molecule has 0 aromatic heterocycles. The van der Waals surface area contributed by atoms with E-state index in [9.17, 15) is 9.59 Å². The van der Waals surface area contributed by atoms with Crippen molar-refractivity contribution in [3.05, 3.63) is 33.8 Å². The summed E-state index contributed by atoms with van der Waals surface area (Å²) in [6.45, 7) is 3.80. The maximum absolute atomic E-state index is 11.9. The highest BCUT2D eigenvalue weighted by molar-refractivity contribution is 9.10. The van der Waals surface area contributed by atoms with E-state index in [1.54, 1.807) is 12.1 Å². The van der Waals surface area contributed by atoms with Gasteiger partial charge in [-0.3, -0.25) is 4.79 Å². The smallest absolute Gasteiger partial charge is 0.326 e. The van der Waals surface area contributed by atoms with E-state index < -0.39 is 12.0 Å². The van der Waals surface area contributed by atoms with Gasteiger partial charge in [0.05, 0.1) is 0 Å². The zero-order valence-corrected chi connectivity index (χ0v) is 12.0. The molecule has 2 N–H and O–H groups in total. The fourth-order valence-corrected chi connectivity index (χ4v) is 1.90. The number of halogens is 1. The Kier molecular flexibility index (Phi) is 5.34. The quantitative estimate of drug-likeness (QED) is 0.878. The Bertz CT molecular complexity index is 460. The molecular weight excluding hydrogens is 298 g/mol. The number of aliphatic carboxylic acids is 1. The molecule has 0 aliphatic heterocycles. The summed E-state index contributed by atoms with van der Waals surface area (Å²) < 4.78 is 0.831. The van der Waals surface area contributed by atoms with Crippen molar-refractivity contribution in [2.24, 2.45) is 0 Å². The molecule has 0 aliphatic rings. The van der Waals surface area contributed by atoms with Crippen LogP contribution in [-0.4, -0.2) is 23.0 Å². The first-order valence-electron chi connectivity index (χ1n) is 5.75. The van der Waals surface area contributed by atoms with E-state index in [-0.39, 0.29) is 5.91 Å². The predicted octanol–water partition coefficient (Wildman–Crippen LogP) is 2.74. The number of hydrogen-bond acceptors (Lipinski definition) is 2. The molecule has 0 spiro atoms. The van der Waals surface area contributed by atoms with Gasteiger partial charge in [-0.25, -0.2) is 4.79 Å². The Labute approximate surface area is 115 Å². The summed E-state index contributed by atoms with van der Waals surface area (Å²) in [6, 6.07) is 4.35. The summed E-state index contributed by atoms with van der Waals surface area (Å²) >= 11 is 3.34. The lowest BCUT2D eigenvalue weighted by molar-refractivity contribution is -0.139. The second-order valence-electron chi connectivity index (χ2n) is 4.12. The number of carboxylic acid groups (broad SMARTS) is 1. The maximum Gasteiger partial charge on any atom is 0.326 e. The Balaban J connectivity index is 2.80. The van der Waals surface area contributed by atoms with E-state index in [0.29, 0.717) is 18.4 Å². The molecule has 1 aromatic rings. The molecule has 5 heteroatoms. The number of hydrogen-bond donors (Lipinski definition) is 2. The topological polar surface area (TPSA) is 66.4 Å². The van der Waals surface area contributed by atoms with Crippen molar-refractivity contribution in [2.45, 2.75) is 32.7 Å². The maximum atomic E-state index is 11.9. The third-order valence-corrected chi connectivity index (χ3v) is 3.47. The van der Waals surface area contributed by atoms with Gasteiger partial charge in [-0.15, -0.1) is 0 Å². The van der Waals surface area contributed by atoms with E-state index >= 15 is 0 Å². The average Bonchev–Trinajstić information content (AvgIpc) is 2.31. The van der Waals surface area contributed by atoms with Crippen LogP contribution in [0.2, 0.25) is 0 Å². The number of rotatable bonds is 5. The Morgan fingerprint density at radius 2 is 2.11 bits per heavy atom. The molecule has 1 atom stereocenters. The average molecular weight is 314 g/mol. The lowest BCUT2D eigenvalue weighted by Gasteiger charge is -2.13. The van der Waals surface area contributed by atoms with Gasteiger partial charge >= 0.3 is 5.97 Å². The highest BCUT2D eigenvalue weighted by Gasteiger charge is 2.19. The SMILES string of the molecule is CCC[C@H](NC(=O)c1ccc(C)c(Br)c1)C(=O)O. The van der Waals surface area contributed by atoms with Crippen LogP contribution in [0.1, 0.15) is 35.7 Å². The first kappa shape index (κ1) is 14.7. The molecule has 0 heterocycles. The van der Waals surface area contributed by atoms with Crippen LogP contribution >= 0.6 is 15.9 Å². The van der Waals surface area contributed by atoms with E-state index in [0.717, 1.165) is 10.0 Å². The minimum atomic E-state index is -1.00. The van der Waals surface area contributed by atoms with Crippen molar-refractivity contribution in [1.82, 2.24) is 5.32 Å². The molecule has 98 valence electrons. The van der Waals surface area contributed by atoms with Crippen LogP contribution < -0.4 is 5.32 Å². The largest absolute Gasteiger partial charge is 0.480 e. The van der Waals surface area contributed by atoms with Crippen LogP contribution in [0.15, 0.2) is 22.7 Å². The van der Waals surface area contributed by atoms with Gasteiger partial charge in [-0.1, -0.05) is 35.3 Å². The lowest BCUT2D eigenvalue weighted by Crippen LogP contribution is -2.40. The van der Waals surface area contributed by atoms with Gasteiger partial charge in [-0.05, 0) is 31.0 Å². The van der Waals surface area contributed by atoms with Crippen LogP contribution in [-0.2, 0) is 4.79 Å². The third-order valence-electron chi connectivity index (χ3n) is 2.61. The van der Waals surface area contributed by atoms with E-state index in [1.807, 2.05) is 19.9 Å². The fourth-order valence-electron chi connectivity index (χ4n) is 1.52. The molecule has 0 saturated carbocycles. The molecule has 1 amide bonds. The summed E-state index contributed by atoms with van der Waals surface area (Å²) in [6.07, 6.45) is 1.13. The molecule has 0 fully saturated rings. The van der Waals surface area contributed by atoms with Crippen molar-refractivity contribution in [3.63, 3.8) is 0 Å². The molecule has 1 aromatic carbocycles. The Morgan fingerprint density at radius 3 is 2.61 bits per heavy atom. The standard InChI is InChI=1S/C13H16BrNO3/c1-3-4-11(13(17)18)15-12(16)9-6-5-8(2)10(14)7-9/h5-7,11H,3-4H2,1-2H3,(H,15,16)(H,17,18)/t11-/m0/s1. The molecule has 0 saturated heterocycles. The highest BCUT2D eigenvalue weighted by Crippen LogP contribution is 2.17. The number of amides is 1. The van der Waals surface area contributed by atoms with Gasteiger partial charge in [0.25, 0.3) is 5.91 Å². The van der Waals surface area contributed by atoms with Gasteiger partial charge < -0.3 is 10.4 Å². The minimum absolute atomic E-state index is 0.364. The van der Waals surface area contributed by atoms with Gasteiger partial charge in [-0.2, -0.15) is 0 Å². The molecule has 18 heavy (non-hydrogen) atoms. The van der Waals surface area contributed by atoms with Crippen molar-refractivity contribution < 1.29 is 14.7 Å². The second-order valence-corrected chi connectivity index (χ2v) is 4.97. The Hall–Kier alpha value is -1.36.